The first-order chi connectivity index (χ1) is 17.5. The number of benzene rings is 3. The van der Waals surface area contributed by atoms with E-state index in [4.69, 9.17) is 14.5 Å². The molecule has 1 fully saturated rings. The molecule has 3 aromatic carbocycles. The molecule has 0 radical (unpaired) electrons. The summed E-state index contributed by atoms with van der Waals surface area (Å²) in [6.07, 6.45) is 2.37. The van der Waals surface area contributed by atoms with E-state index in [-0.39, 0.29) is 11.8 Å². The van der Waals surface area contributed by atoms with Crippen LogP contribution in [0.4, 0.5) is 5.69 Å². The summed E-state index contributed by atoms with van der Waals surface area (Å²) in [5.74, 6) is 2.87. The number of hydrogen-bond donors (Lipinski definition) is 0. The number of carbonyl (C=O) groups excluding carboxylic acids is 1. The second-order valence-electron chi connectivity index (χ2n) is 9.54. The minimum atomic E-state index is 0.0438. The van der Waals surface area contributed by atoms with Crippen LogP contribution in [-0.2, 0) is 11.3 Å². The van der Waals surface area contributed by atoms with Crippen molar-refractivity contribution in [2.45, 2.75) is 45.6 Å². The Morgan fingerprint density at radius 2 is 1.86 bits per heavy atom. The van der Waals surface area contributed by atoms with E-state index in [0.717, 1.165) is 59.0 Å². The van der Waals surface area contributed by atoms with Crippen molar-refractivity contribution in [2.24, 2.45) is 0 Å². The average molecular weight is 484 g/mol. The van der Waals surface area contributed by atoms with Gasteiger partial charge in [0.25, 0.3) is 0 Å². The molecule has 0 saturated carbocycles. The van der Waals surface area contributed by atoms with Crippen molar-refractivity contribution in [3.63, 3.8) is 0 Å². The molecule has 6 nitrogen and oxygen atoms in total. The van der Waals surface area contributed by atoms with Crippen LogP contribution in [-0.4, -0.2) is 35.7 Å². The fourth-order valence-corrected chi connectivity index (χ4v) is 4.97. The number of imidazole rings is 1. The summed E-state index contributed by atoms with van der Waals surface area (Å²) in [5.41, 5.74) is 5.34. The zero-order chi connectivity index (χ0) is 25.1. The van der Waals surface area contributed by atoms with Gasteiger partial charge in [-0.1, -0.05) is 30.3 Å². The highest BCUT2D eigenvalue weighted by atomic mass is 16.5. The van der Waals surface area contributed by atoms with Crippen LogP contribution in [0.5, 0.6) is 11.5 Å². The highest BCUT2D eigenvalue weighted by Gasteiger charge is 2.35. The zero-order valence-corrected chi connectivity index (χ0v) is 21.2. The molecule has 1 aliphatic heterocycles. The van der Waals surface area contributed by atoms with Gasteiger partial charge in [-0.3, -0.25) is 4.79 Å². The lowest BCUT2D eigenvalue weighted by molar-refractivity contribution is -0.117. The normalized spacial score (nSPS) is 15.6. The smallest absolute Gasteiger partial charge is 0.227 e. The highest BCUT2D eigenvalue weighted by Crippen LogP contribution is 2.34. The first-order valence-electron chi connectivity index (χ1n) is 12.6. The highest BCUT2D eigenvalue weighted by molar-refractivity contribution is 5.96. The van der Waals surface area contributed by atoms with Crippen LogP contribution < -0.4 is 14.4 Å². The third-order valence-electron chi connectivity index (χ3n) is 6.92. The number of amides is 1. The molecular weight excluding hydrogens is 450 g/mol. The molecule has 1 unspecified atom stereocenters. The molecule has 1 atom stereocenters. The fourth-order valence-electron chi connectivity index (χ4n) is 4.97. The Hall–Kier alpha value is -3.80. The van der Waals surface area contributed by atoms with Gasteiger partial charge in [-0.05, 0) is 68.1 Å². The lowest BCUT2D eigenvalue weighted by Crippen LogP contribution is -2.24. The number of rotatable bonds is 9. The number of unbranched alkanes of at least 4 members (excludes halogenated alkanes) is 1. The summed E-state index contributed by atoms with van der Waals surface area (Å²) in [5, 5.41) is 0. The van der Waals surface area contributed by atoms with Crippen LogP contribution >= 0.6 is 0 Å². The maximum absolute atomic E-state index is 13.0. The number of anilines is 1. The maximum Gasteiger partial charge on any atom is 0.227 e. The number of hydrogen-bond acceptors (Lipinski definition) is 4. The topological polar surface area (TPSA) is 56.6 Å². The van der Waals surface area contributed by atoms with Crippen molar-refractivity contribution in [3.05, 3.63) is 83.7 Å². The molecule has 1 amide bonds. The monoisotopic (exact) mass is 483 g/mol. The van der Waals surface area contributed by atoms with Crippen molar-refractivity contribution in [1.82, 2.24) is 9.55 Å². The van der Waals surface area contributed by atoms with E-state index in [0.29, 0.717) is 19.6 Å². The maximum atomic E-state index is 13.0. The predicted octanol–water partition coefficient (Wildman–Crippen LogP) is 6.04. The lowest BCUT2D eigenvalue weighted by atomic mass is 10.1. The number of aryl methyl sites for hydroxylation is 3. The van der Waals surface area contributed by atoms with Crippen molar-refractivity contribution >= 4 is 22.6 Å². The van der Waals surface area contributed by atoms with Gasteiger partial charge in [0.05, 0.1) is 24.8 Å². The zero-order valence-electron chi connectivity index (χ0n) is 21.2. The van der Waals surface area contributed by atoms with Gasteiger partial charge >= 0.3 is 0 Å². The molecule has 0 bridgehead atoms. The van der Waals surface area contributed by atoms with E-state index in [2.05, 4.69) is 54.8 Å². The van der Waals surface area contributed by atoms with Gasteiger partial charge < -0.3 is 18.9 Å². The van der Waals surface area contributed by atoms with Crippen molar-refractivity contribution in [3.8, 4) is 11.5 Å². The molecule has 0 aliphatic carbocycles. The van der Waals surface area contributed by atoms with Gasteiger partial charge in [0.1, 0.15) is 17.3 Å². The van der Waals surface area contributed by atoms with E-state index in [9.17, 15) is 4.79 Å². The van der Waals surface area contributed by atoms with Gasteiger partial charge in [-0.15, -0.1) is 0 Å². The molecular formula is C30H33N3O3. The molecule has 6 heteroatoms. The largest absolute Gasteiger partial charge is 0.497 e. The number of nitrogens with zero attached hydrogens (tertiary/aromatic N) is 3. The molecule has 4 aromatic rings. The van der Waals surface area contributed by atoms with Gasteiger partial charge in [0.2, 0.25) is 5.91 Å². The Labute approximate surface area is 212 Å². The van der Waals surface area contributed by atoms with Crippen LogP contribution in [0.2, 0.25) is 0 Å². The Morgan fingerprint density at radius 3 is 2.72 bits per heavy atom. The summed E-state index contributed by atoms with van der Waals surface area (Å²) >= 11 is 0. The minimum absolute atomic E-state index is 0.0438. The van der Waals surface area contributed by atoms with Crippen LogP contribution in [0.3, 0.4) is 0 Å². The number of aromatic nitrogens is 2. The summed E-state index contributed by atoms with van der Waals surface area (Å²) in [7, 11) is 1.64. The van der Waals surface area contributed by atoms with Gasteiger partial charge in [0, 0.05) is 37.2 Å². The Balaban J connectivity index is 1.30. The molecule has 2 heterocycles. The van der Waals surface area contributed by atoms with E-state index < -0.39 is 0 Å². The van der Waals surface area contributed by atoms with E-state index in [1.807, 2.05) is 35.2 Å². The Bertz CT molecular complexity index is 1380. The second kappa shape index (κ2) is 10.4. The Morgan fingerprint density at radius 1 is 1.00 bits per heavy atom. The van der Waals surface area contributed by atoms with Crippen molar-refractivity contribution < 1.29 is 14.3 Å². The summed E-state index contributed by atoms with van der Waals surface area (Å²) < 4.78 is 13.7. The predicted molar refractivity (Wildman–Crippen MR) is 143 cm³/mol. The number of methoxy groups -OCH3 is 1. The SMILES string of the molecule is COc1cccc(N2CC(c3nc4ccccc4n3CCCCOc3cc(C)ccc3C)CC2=O)c1. The summed E-state index contributed by atoms with van der Waals surface area (Å²) in [6, 6.07) is 22.2. The number of carbonyl (C=O) groups is 1. The van der Waals surface area contributed by atoms with Gasteiger partial charge in [-0.25, -0.2) is 4.98 Å². The Kier molecular flexibility index (Phi) is 6.94. The first kappa shape index (κ1) is 23.9. The van der Waals surface area contributed by atoms with Crippen molar-refractivity contribution in [1.29, 1.82) is 0 Å². The lowest BCUT2D eigenvalue weighted by Gasteiger charge is -2.18. The van der Waals surface area contributed by atoms with Crippen LogP contribution in [0, 0.1) is 13.8 Å². The number of fused-ring (bicyclic) bond motifs is 1. The quantitative estimate of drug-likeness (QED) is 0.272. The molecule has 1 aromatic heterocycles. The van der Waals surface area contributed by atoms with Crippen LogP contribution in [0.15, 0.2) is 66.7 Å². The second-order valence-corrected chi connectivity index (χ2v) is 9.54. The van der Waals surface area contributed by atoms with E-state index in [1.165, 1.54) is 5.56 Å². The number of para-hydroxylation sites is 2. The average Bonchev–Trinajstić information content (AvgIpc) is 3.46. The summed E-state index contributed by atoms with van der Waals surface area (Å²) in [6.45, 7) is 6.30. The summed E-state index contributed by atoms with van der Waals surface area (Å²) in [4.78, 5) is 19.8. The molecule has 0 N–H and O–H groups in total. The molecule has 1 aliphatic rings. The molecule has 0 spiro atoms. The minimum Gasteiger partial charge on any atom is -0.497 e. The third kappa shape index (κ3) is 4.94. The first-order valence-corrected chi connectivity index (χ1v) is 12.6. The van der Waals surface area contributed by atoms with Gasteiger partial charge in [0.15, 0.2) is 0 Å². The van der Waals surface area contributed by atoms with Gasteiger partial charge in [-0.2, -0.15) is 0 Å². The van der Waals surface area contributed by atoms with E-state index in [1.54, 1.807) is 7.11 Å². The molecule has 5 rings (SSSR count). The molecule has 36 heavy (non-hydrogen) atoms. The van der Waals surface area contributed by atoms with Crippen LogP contribution in [0.25, 0.3) is 11.0 Å². The number of ether oxygens (including phenoxy) is 2. The standard InChI is InChI=1S/C30H33N3O3/c1-21-13-14-22(2)28(17-21)36-16-7-6-15-32-27-12-5-4-11-26(27)31-30(32)23-18-29(34)33(20-23)24-9-8-10-25(19-24)35-3/h4-5,8-14,17,19,23H,6-7,15-16,18,20H2,1-3H3. The van der Waals surface area contributed by atoms with Crippen molar-refractivity contribution in [2.75, 3.05) is 25.2 Å². The molecule has 1 saturated heterocycles. The van der Waals surface area contributed by atoms with E-state index >= 15 is 0 Å². The fraction of sp³-hybridized carbons (Fsp3) is 0.333. The molecule has 186 valence electrons. The van der Waals surface area contributed by atoms with Crippen LogP contribution in [0.1, 0.15) is 42.1 Å². The third-order valence-corrected chi connectivity index (χ3v) is 6.92.